The van der Waals surface area contributed by atoms with Gasteiger partial charge in [0.2, 0.25) is 0 Å². The maximum Gasteiger partial charge on any atom is 0.335 e. The molecule has 0 radical (unpaired) electrons. The highest BCUT2D eigenvalue weighted by Crippen LogP contribution is 2.14. The first kappa shape index (κ1) is 13.1. The first-order chi connectivity index (χ1) is 7.74. The zero-order valence-electron chi connectivity index (χ0n) is 9.31. The average Bonchev–Trinajstić information content (AvgIpc) is 2.29. The number of benzene rings is 1. The normalized spacial score (nSPS) is 10.3. The van der Waals surface area contributed by atoms with E-state index in [1.54, 1.807) is 37.1 Å². The third-order valence-corrected chi connectivity index (χ3v) is 3.19. The molecule has 1 N–H and O–H groups in total. The highest BCUT2D eigenvalue weighted by Gasteiger charge is 2.02. The van der Waals surface area contributed by atoms with E-state index in [9.17, 15) is 4.79 Å². The number of methoxy groups -OCH3 is 1. The number of carboxylic acids is 1. The number of ether oxygens (including phenoxy) is 1. The molecule has 0 fully saturated rings. The van der Waals surface area contributed by atoms with E-state index < -0.39 is 5.97 Å². The largest absolute Gasteiger partial charge is 0.478 e. The van der Waals surface area contributed by atoms with Gasteiger partial charge in [0.05, 0.1) is 5.56 Å². The van der Waals surface area contributed by atoms with E-state index in [0.717, 1.165) is 30.1 Å². The fourth-order valence-corrected chi connectivity index (χ4v) is 2.17. The minimum absolute atomic E-state index is 0.356. The summed E-state index contributed by atoms with van der Waals surface area (Å²) in [5, 5.41) is 8.83. The Labute approximate surface area is 99.8 Å². The van der Waals surface area contributed by atoms with Crippen molar-refractivity contribution in [2.24, 2.45) is 0 Å². The predicted molar refractivity (Wildman–Crippen MR) is 66.1 cm³/mol. The lowest BCUT2D eigenvalue weighted by Crippen LogP contribution is -1.97. The number of hydrogen-bond donors (Lipinski definition) is 1. The van der Waals surface area contributed by atoms with Crippen LogP contribution >= 0.6 is 11.8 Å². The van der Waals surface area contributed by atoms with Gasteiger partial charge in [0, 0.05) is 19.5 Å². The van der Waals surface area contributed by atoms with Gasteiger partial charge in [0.1, 0.15) is 0 Å². The zero-order valence-corrected chi connectivity index (χ0v) is 10.1. The molecule has 0 aromatic heterocycles. The smallest absolute Gasteiger partial charge is 0.335 e. The van der Waals surface area contributed by atoms with Crippen LogP contribution in [0, 0.1) is 0 Å². The summed E-state index contributed by atoms with van der Waals surface area (Å²) in [5.74, 6) is 1.02. The van der Waals surface area contributed by atoms with E-state index >= 15 is 0 Å². The van der Waals surface area contributed by atoms with E-state index in [1.807, 2.05) is 6.07 Å². The van der Waals surface area contributed by atoms with Crippen LogP contribution in [0.1, 0.15) is 22.3 Å². The number of carboxylic acid groups (broad SMARTS) is 1. The standard InChI is InChI=1S/C12H16O3S/c1-15-6-3-7-16-9-10-4-2-5-11(8-10)12(13)14/h2,4-5,8H,3,6-7,9H2,1H3,(H,13,14). The molecule has 0 saturated carbocycles. The summed E-state index contributed by atoms with van der Waals surface area (Å²) in [6, 6.07) is 7.08. The molecule has 0 amide bonds. The van der Waals surface area contributed by atoms with Gasteiger partial charge in [-0.3, -0.25) is 0 Å². The van der Waals surface area contributed by atoms with Crippen molar-refractivity contribution < 1.29 is 14.6 Å². The Morgan fingerprint density at radius 3 is 3.00 bits per heavy atom. The van der Waals surface area contributed by atoms with Gasteiger partial charge in [-0.15, -0.1) is 0 Å². The van der Waals surface area contributed by atoms with Crippen molar-refractivity contribution >= 4 is 17.7 Å². The van der Waals surface area contributed by atoms with Crippen LogP contribution in [0.25, 0.3) is 0 Å². The Kier molecular flexibility index (Phi) is 5.96. The molecule has 0 heterocycles. The van der Waals surface area contributed by atoms with E-state index in [4.69, 9.17) is 9.84 Å². The van der Waals surface area contributed by atoms with Crippen LogP contribution < -0.4 is 0 Å². The SMILES string of the molecule is COCCCSCc1cccc(C(=O)O)c1. The minimum atomic E-state index is -0.869. The highest BCUT2D eigenvalue weighted by molar-refractivity contribution is 7.98. The zero-order chi connectivity index (χ0) is 11.8. The van der Waals surface area contributed by atoms with Crippen LogP contribution in [0.2, 0.25) is 0 Å². The molecule has 0 bridgehead atoms. The number of aromatic carboxylic acids is 1. The maximum atomic E-state index is 10.7. The third-order valence-electron chi connectivity index (χ3n) is 2.08. The summed E-state index contributed by atoms with van der Waals surface area (Å²) >= 11 is 1.79. The molecule has 0 spiro atoms. The van der Waals surface area contributed by atoms with Gasteiger partial charge in [0.25, 0.3) is 0 Å². The summed E-state index contributed by atoms with van der Waals surface area (Å²) in [4.78, 5) is 10.7. The van der Waals surface area contributed by atoms with E-state index in [2.05, 4.69) is 0 Å². The van der Waals surface area contributed by atoms with Crippen LogP contribution in [0.4, 0.5) is 0 Å². The van der Waals surface area contributed by atoms with Crippen molar-refractivity contribution in [3.05, 3.63) is 35.4 Å². The number of carbonyl (C=O) groups is 1. The second-order valence-corrected chi connectivity index (χ2v) is 4.51. The molecule has 0 saturated heterocycles. The Morgan fingerprint density at radius 2 is 2.31 bits per heavy atom. The summed E-state index contributed by atoms with van der Waals surface area (Å²) in [6.45, 7) is 0.780. The van der Waals surface area contributed by atoms with Crippen LogP contribution in [-0.2, 0) is 10.5 Å². The summed E-state index contributed by atoms with van der Waals surface area (Å²) in [6.07, 6.45) is 1.03. The quantitative estimate of drug-likeness (QED) is 0.744. The Hall–Kier alpha value is -1.00. The molecule has 0 aliphatic rings. The molecule has 0 unspecified atom stereocenters. The average molecular weight is 240 g/mol. The molecule has 0 aliphatic heterocycles. The van der Waals surface area contributed by atoms with Gasteiger partial charge in [-0.2, -0.15) is 11.8 Å². The molecule has 1 rings (SSSR count). The highest BCUT2D eigenvalue weighted by atomic mass is 32.2. The van der Waals surface area contributed by atoms with Crippen LogP contribution in [0.15, 0.2) is 24.3 Å². The Morgan fingerprint density at radius 1 is 1.50 bits per heavy atom. The lowest BCUT2D eigenvalue weighted by atomic mass is 10.1. The van der Waals surface area contributed by atoms with Gasteiger partial charge < -0.3 is 9.84 Å². The van der Waals surface area contributed by atoms with Crippen LogP contribution in [0.3, 0.4) is 0 Å². The molecule has 1 aromatic carbocycles. The predicted octanol–water partition coefficient (Wildman–Crippen LogP) is 2.65. The number of hydrogen-bond acceptors (Lipinski definition) is 3. The second kappa shape index (κ2) is 7.30. The Bertz CT molecular complexity index is 339. The molecule has 88 valence electrons. The van der Waals surface area contributed by atoms with E-state index in [1.165, 1.54) is 0 Å². The molecule has 16 heavy (non-hydrogen) atoms. The minimum Gasteiger partial charge on any atom is -0.478 e. The lowest BCUT2D eigenvalue weighted by Gasteiger charge is -2.03. The number of rotatable bonds is 7. The summed E-state index contributed by atoms with van der Waals surface area (Å²) in [7, 11) is 1.70. The monoisotopic (exact) mass is 240 g/mol. The second-order valence-electron chi connectivity index (χ2n) is 3.40. The molecular formula is C12H16O3S. The van der Waals surface area contributed by atoms with Gasteiger partial charge in [-0.05, 0) is 29.9 Å². The van der Waals surface area contributed by atoms with E-state index in [0.29, 0.717) is 5.56 Å². The maximum absolute atomic E-state index is 10.7. The van der Waals surface area contributed by atoms with E-state index in [-0.39, 0.29) is 0 Å². The first-order valence-electron chi connectivity index (χ1n) is 5.13. The van der Waals surface area contributed by atoms with Crippen molar-refractivity contribution in [2.75, 3.05) is 19.5 Å². The third kappa shape index (κ3) is 4.68. The molecule has 0 atom stereocenters. The molecule has 4 heteroatoms. The fraction of sp³-hybridized carbons (Fsp3) is 0.417. The van der Waals surface area contributed by atoms with Gasteiger partial charge in [-0.1, -0.05) is 12.1 Å². The first-order valence-corrected chi connectivity index (χ1v) is 6.28. The number of thioether (sulfide) groups is 1. The van der Waals surface area contributed by atoms with Crippen molar-refractivity contribution in [3.63, 3.8) is 0 Å². The Balaban J connectivity index is 2.36. The summed E-state index contributed by atoms with van der Waals surface area (Å²) in [5.41, 5.74) is 1.41. The molecular weight excluding hydrogens is 224 g/mol. The van der Waals surface area contributed by atoms with Crippen molar-refractivity contribution in [1.29, 1.82) is 0 Å². The molecule has 0 aliphatic carbocycles. The topological polar surface area (TPSA) is 46.5 Å². The van der Waals surface area contributed by atoms with Crippen LogP contribution in [0.5, 0.6) is 0 Å². The van der Waals surface area contributed by atoms with Gasteiger partial charge >= 0.3 is 5.97 Å². The molecule has 3 nitrogen and oxygen atoms in total. The fourth-order valence-electron chi connectivity index (χ4n) is 1.29. The van der Waals surface area contributed by atoms with Crippen molar-refractivity contribution in [2.45, 2.75) is 12.2 Å². The van der Waals surface area contributed by atoms with Crippen molar-refractivity contribution in [1.82, 2.24) is 0 Å². The lowest BCUT2D eigenvalue weighted by molar-refractivity contribution is 0.0697. The van der Waals surface area contributed by atoms with Gasteiger partial charge in [0.15, 0.2) is 0 Å². The van der Waals surface area contributed by atoms with Gasteiger partial charge in [-0.25, -0.2) is 4.79 Å². The molecule has 1 aromatic rings. The summed E-state index contributed by atoms with van der Waals surface area (Å²) < 4.78 is 4.95. The van der Waals surface area contributed by atoms with Crippen LogP contribution in [-0.4, -0.2) is 30.5 Å². The van der Waals surface area contributed by atoms with Crippen molar-refractivity contribution in [3.8, 4) is 0 Å².